The number of hydrogen-bond acceptors (Lipinski definition) is 6. The van der Waals surface area contributed by atoms with E-state index in [1.807, 2.05) is 6.92 Å². The molecular weight excluding hydrogens is 504 g/mol. The van der Waals surface area contributed by atoms with Crippen LogP contribution < -0.4 is 16.1 Å². The Kier molecular flexibility index (Phi) is 11.1. The molecule has 0 radical (unpaired) electrons. The number of carbonyl (C=O) groups excluding carboxylic acids is 5. The molecule has 1 unspecified atom stereocenters. The maximum absolute atomic E-state index is 13.4. The van der Waals surface area contributed by atoms with Gasteiger partial charge in [-0.05, 0) is 37.3 Å². The number of nitrogens with zero attached hydrogens (tertiary/aromatic N) is 2. The second-order valence-corrected chi connectivity index (χ2v) is 9.39. The van der Waals surface area contributed by atoms with Gasteiger partial charge in [0.1, 0.15) is 29.8 Å². The van der Waals surface area contributed by atoms with Gasteiger partial charge in [0, 0.05) is 38.7 Å². The molecule has 4 N–H and O–H groups in total. The molecule has 1 aromatic rings. The molecule has 0 spiro atoms. The lowest BCUT2D eigenvalue weighted by Crippen LogP contribution is -2.58. The molecule has 5 amide bonds. The van der Waals surface area contributed by atoms with Gasteiger partial charge < -0.3 is 20.4 Å². The third kappa shape index (κ3) is 7.70. The molecule has 0 bridgehead atoms. The van der Waals surface area contributed by atoms with Crippen LogP contribution in [0.4, 0.5) is 8.78 Å². The highest BCUT2D eigenvalue weighted by Gasteiger charge is 2.40. The van der Waals surface area contributed by atoms with Crippen molar-refractivity contribution < 1.29 is 38.0 Å². The van der Waals surface area contributed by atoms with Gasteiger partial charge in [-0.2, -0.15) is 0 Å². The molecule has 2 rings (SSSR count). The van der Waals surface area contributed by atoms with Crippen LogP contribution in [0.5, 0.6) is 0 Å². The van der Waals surface area contributed by atoms with Crippen LogP contribution in [-0.4, -0.2) is 82.8 Å². The first-order valence-electron chi connectivity index (χ1n) is 12.4. The lowest BCUT2D eigenvalue weighted by Gasteiger charge is -2.35. The van der Waals surface area contributed by atoms with Crippen molar-refractivity contribution in [3.63, 3.8) is 0 Å². The SMILES string of the molecule is CCC(C)[C@@H](C(=O)N[C@@H](CCNC(=O)c1cc(F)cc(F)c1)C(=O)NO)N(C)C(=O)[C@@H]1CCCN1C(C)=O. The summed E-state index contributed by atoms with van der Waals surface area (Å²) in [6, 6.07) is -0.656. The van der Waals surface area contributed by atoms with Gasteiger partial charge in [0.25, 0.3) is 11.8 Å². The Bertz CT molecular complexity index is 1030. The third-order valence-corrected chi connectivity index (χ3v) is 6.75. The van der Waals surface area contributed by atoms with E-state index >= 15 is 0 Å². The highest BCUT2D eigenvalue weighted by Crippen LogP contribution is 2.22. The van der Waals surface area contributed by atoms with Crippen LogP contribution in [0, 0.1) is 17.6 Å². The van der Waals surface area contributed by atoms with Crippen molar-refractivity contribution in [2.24, 2.45) is 5.92 Å². The fourth-order valence-electron chi connectivity index (χ4n) is 4.53. The summed E-state index contributed by atoms with van der Waals surface area (Å²) in [5.74, 6) is -5.23. The average Bonchev–Trinajstić information content (AvgIpc) is 3.36. The lowest BCUT2D eigenvalue weighted by atomic mass is 9.95. The fourth-order valence-corrected chi connectivity index (χ4v) is 4.53. The number of rotatable bonds is 11. The Morgan fingerprint density at radius 1 is 1.13 bits per heavy atom. The van der Waals surface area contributed by atoms with Gasteiger partial charge in [-0.1, -0.05) is 20.3 Å². The Morgan fingerprint density at radius 2 is 1.76 bits per heavy atom. The van der Waals surface area contributed by atoms with E-state index in [4.69, 9.17) is 5.21 Å². The van der Waals surface area contributed by atoms with E-state index < -0.39 is 53.4 Å². The van der Waals surface area contributed by atoms with E-state index in [1.165, 1.54) is 29.3 Å². The molecule has 0 saturated carbocycles. The van der Waals surface area contributed by atoms with Crippen LogP contribution in [0.2, 0.25) is 0 Å². The van der Waals surface area contributed by atoms with E-state index in [-0.39, 0.29) is 30.4 Å². The molecule has 38 heavy (non-hydrogen) atoms. The number of hydroxylamine groups is 1. The number of nitrogens with one attached hydrogen (secondary N) is 3. The zero-order valence-electron chi connectivity index (χ0n) is 21.9. The first-order chi connectivity index (χ1) is 17.9. The normalized spacial score (nSPS) is 17.2. The Labute approximate surface area is 219 Å². The Morgan fingerprint density at radius 3 is 2.32 bits per heavy atom. The molecule has 0 aliphatic carbocycles. The molecule has 1 aliphatic rings. The molecule has 1 aliphatic heterocycles. The van der Waals surface area contributed by atoms with Gasteiger partial charge in [0.05, 0.1) is 0 Å². The summed E-state index contributed by atoms with van der Waals surface area (Å²) in [5, 5.41) is 14.1. The van der Waals surface area contributed by atoms with Crippen LogP contribution in [-0.2, 0) is 19.2 Å². The summed E-state index contributed by atoms with van der Waals surface area (Å²) in [6.07, 6.45) is 1.49. The second-order valence-electron chi connectivity index (χ2n) is 9.39. The molecule has 13 heteroatoms. The van der Waals surface area contributed by atoms with Crippen molar-refractivity contribution in [1.82, 2.24) is 25.9 Å². The van der Waals surface area contributed by atoms with E-state index in [1.54, 1.807) is 6.92 Å². The van der Waals surface area contributed by atoms with Crippen LogP contribution in [0.25, 0.3) is 0 Å². The molecular formula is C25H35F2N5O6. The summed E-state index contributed by atoms with van der Waals surface area (Å²) < 4.78 is 26.8. The van der Waals surface area contributed by atoms with Crippen LogP contribution in [0.15, 0.2) is 18.2 Å². The van der Waals surface area contributed by atoms with E-state index in [9.17, 15) is 32.8 Å². The highest BCUT2D eigenvalue weighted by atomic mass is 19.1. The molecule has 11 nitrogen and oxygen atoms in total. The van der Waals surface area contributed by atoms with Crippen molar-refractivity contribution in [2.45, 2.75) is 64.6 Å². The second kappa shape index (κ2) is 13.8. The van der Waals surface area contributed by atoms with Crippen LogP contribution in [0.3, 0.4) is 0 Å². The van der Waals surface area contributed by atoms with Crippen LogP contribution in [0.1, 0.15) is 56.8 Å². The molecule has 1 aromatic carbocycles. The fraction of sp³-hybridized carbons (Fsp3) is 0.560. The van der Waals surface area contributed by atoms with Crippen molar-refractivity contribution >= 4 is 29.5 Å². The van der Waals surface area contributed by atoms with Crippen LogP contribution >= 0.6 is 0 Å². The summed E-state index contributed by atoms with van der Waals surface area (Å²) in [7, 11) is 1.47. The minimum atomic E-state index is -1.30. The largest absolute Gasteiger partial charge is 0.352 e. The number of hydrogen-bond donors (Lipinski definition) is 4. The zero-order chi connectivity index (χ0) is 28.6. The first kappa shape index (κ1) is 30.6. The van der Waals surface area contributed by atoms with Crippen molar-refractivity contribution in [3.8, 4) is 0 Å². The van der Waals surface area contributed by atoms with E-state index in [0.717, 1.165) is 12.1 Å². The topological polar surface area (TPSA) is 148 Å². The summed E-state index contributed by atoms with van der Waals surface area (Å²) in [4.78, 5) is 65.8. The number of likely N-dealkylation sites (tertiary alicyclic amines) is 1. The standard InChI is InChI=1S/C25H35F2N5O6/c1-5-14(2)21(31(4)25(37)20-7-6-10-32(20)15(3)33)24(36)29-19(23(35)30-38)8-9-28-22(34)16-11-17(26)13-18(27)12-16/h11-14,19-21,38H,5-10H2,1-4H3,(H,28,34)(H,29,36)(H,30,35)/t14?,19-,20-,21-/m0/s1. The molecule has 1 saturated heterocycles. The Balaban J connectivity index is 2.12. The molecule has 1 fully saturated rings. The maximum Gasteiger partial charge on any atom is 0.265 e. The van der Waals surface area contributed by atoms with E-state index in [2.05, 4.69) is 10.6 Å². The van der Waals surface area contributed by atoms with E-state index in [0.29, 0.717) is 31.9 Å². The highest BCUT2D eigenvalue weighted by molar-refractivity contribution is 5.95. The predicted octanol–water partition coefficient (Wildman–Crippen LogP) is 0.959. The quantitative estimate of drug-likeness (QED) is 0.243. The van der Waals surface area contributed by atoms with Gasteiger partial charge in [0.2, 0.25) is 17.7 Å². The number of likely N-dealkylation sites (N-methyl/N-ethyl adjacent to an activating group) is 1. The number of amides is 5. The van der Waals surface area contributed by atoms with Crippen molar-refractivity contribution in [3.05, 3.63) is 35.4 Å². The van der Waals surface area contributed by atoms with Gasteiger partial charge in [-0.3, -0.25) is 29.2 Å². The summed E-state index contributed by atoms with van der Waals surface area (Å²) >= 11 is 0. The molecule has 0 aromatic heterocycles. The van der Waals surface area contributed by atoms with Gasteiger partial charge in [0.15, 0.2) is 0 Å². The summed E-state index contributed by atoms with van der Waals surface area (Å²) in [5.41, 5.74) is 1.20. The number of halogens is 2. The molecule has 210 valence electrons. The maximum atomic E-state index is 13.4. The number of carbonyl (C=O) groups is 5. The van der Waals surface area contributed by atoms with Crippen molar-refractivity contribution in [1.29, 1.82) is 0 Å². The summed E-state index contributed by atoms with van der Waals surface area (Å²) in [6.45, 7) is 5.25. The Hall–Kier alpha value is -3.61. The smallest absolute Gasteiger partial charge is 0.265 e. The monoisotopic (exact) mass is 539 g/mol. The third-order valence-electron chi connectivity index (χ3n) is 6.75. The van der Waals surface area contributed by atoms with Crippen molar-refractivity contribution in [2.75, 3.05) is 20.1 Å². The number of benzene rings is 1. The van der Waals surface area contributed by atoms with Gasteiger partial charge >= 0.3 is 0 Å². The van der Waals surface area contributed by atoms with Gasteiger partial charge in [-0.25, -0.2) is 14.3 Å². The minimum absolute atomic E-state index is 0.173. The molecule has 1 heterocycles. The average molecular weight is 540 g/mol. The first-order valence-corrected chi connectivity index (χ1v) is 12.4. The lowest BCUT2D eigenvalue weighted by molar-refractivity contribution is -0.148. The molecule has 4 atom stereocenters. The predicted molar refractivity (Wildman–Crippen MR) is 132 cm³/mol. The zero-order valence-corrected chi connectivity index (χ0v) is 21.9. The van der Waals surface area contributed by atoms with Gasteiger partial charge in [-0.15, -0.1) is 0 Å². The minimum Gasteiger partial charge on any atom is -0.352 e.